The van der Waals surface area contributed by atoms with Crippen LogP contribution in [0.15, 0.2) is 42.5 Å². The Morgan fingerprint density at radius 1 is 0.870 bits per heavy atom. The fourth-order valence-corrected chi connectivity index (χ4v) is 3.10. The van der Waals surface area contributed by atoms with E-state index in [1.54, 1.807) is 0 Å². The van der Waals surface area contributed by atoms with Gasteiger partial charge in [-0.3, -0.25) is 4.79 Å². The summed E-state index contributed by atoms with van der Waals surface area (Å²) < 4.78 is 5.26. The van der Waals surface area contributed by atoms with Gasteiger partial charge >= 0.3 is 0 Å². The lowest BCUT2D eigenvalue weighted by Crippen LogP contribution is -2.18. The lowest BCUT2D eigenvalue weighted by molar-refractivity contribution is 0.0665. The highest BCUT2D eigenvalue weighted by Gasteiger charge is 2.17. The van der Waals surface area contributed by atoms with E-state index in [2.05, 4.69) is 43.3 Å². The molecule has 0 aromatic heterocycles. The molecule has 120 valence electrons. The molecule has 1 heterocycles. The lowest BCUT2D eigenvalue weighted by atomic mass is 9.96. The molecule has 2 aromatic rings. The van der Waals surface area contributed by atoms with E-state index >= 15 is 0 Å². The fourth-order valence-electron chi connectivity index (χ4n) is 3.10. The van der Waals surface area contributed by atoms with E-state index in [0.717, 1.165) is 36.8 Å². The van der Waals surface area contributed by atoms with Gasteiger partial charge in [0.25, 0.3) is 0 Å². The van der Waals surface area contributed by atoms with E-state index in [1.807, 2.05) is 6.07 Å². The molecule has 0 spiro atoms. The van der Waals surface area contributed by atoms with E-state index in [1.165, 1.54) is 23.1 Å². The van der Waals surface area contributed by atoms with Crippen LogP contribution in [0.5, 0.6) is 0 Å². The molecule has 0 bridgehead atoms. The second kappa shape index (κ2) is 7.56. The number of carbonyl (C=O) groups is 1. The summed E-state index contributed by atoms with van der Waals surface area (Å²) in [5, 5.41) is 0. The van der Waals surface area contributed by atoms with E-state index in [0.29, 0.717) is 6.61 Å². The van der Waals surface area contributed by atoms with Gasteiger partial charge in [-0.25, -0.2) is 0 Å². The number of Topliss-reactive ketones (excluding diaryl/α,β-unsaturated/α-hetero) is 1. The summed E-state index contributed by atoms with van der Waals surface area (Å²) in [4.78, 5) is 11.9. The summed E-state index contributed by atoms with van der Waals surface area (Å²) in [5.74, 6) is 0.115. The van der Waals surface area contributed by atoms with Crippen molar-refractivity contribution in [1.29, 1.82) is 0 Å². The van der Waals surface area contributed by atoms with E-state index in [-0.39, 0.29) is 12.4 Å². The normalized spacial score (nSPS) is 13.9. The third-order valence-electron chi connectivity index (χ3n) is 4.58. The van der Waals surface area contributed by atoms with Crippen molar-refractivity contribution < 1.29 is 9.53 Å². The molecule has 0 saturated heterocycles. The van der Waals surface area contributed by atoms with Gasteiger partial charge in [0.05, 0.1) is 6.61 Å². The molecule has 0 radical (unpaired) electrons. The smallest absolute Gasteiger partial charge is 0.188 e. The number of ether oxygens (including phenoxy) is 1. The zero-order valence-corrected chi connectivity index (χ0v) is 13.8. The van der Waals surface area contributed by atoms with Crippen LogP contribution in [-0.4, -0.2) is 12.4 Å². The predicted octanol–water partition coefficient (Wildman–Crippen LogP) is 4.53. The zero-order valence-electron chi connectivity index (χ0n) is 13.8. The Balaban J connectivity index is 1.50. The minimum absolute atomic E-state index is 0.115. The van der Waals surface area contributed by atoms with Crippen LogP contribution in [0.3, 0.4) is 0 Å². The number of benzene rings is 2. The van der Waals surface area contributed by atoms with Gasteiger partial charge in [0, 0.05) is 5.56 Å². The summed E-state index contributed by atoms with van der Waals surface area (Å²) in [5.41, 5.74) is 5.97. The molecule has 23 heavy (non-hydrogen) atoms. The molecular weight excluding hydrogens is 284 g/mol. The number of rotatable bonds is 6. The van der Waals surface area contributed by atoms with Crippen molar-refractivity contribution in [3.05, 3.63) is 70.3 Å². The summed E-state index contributed by atoms with van der Waals surface area (Å²) in [6, 6.07) is 15.2. The van der Waals surface area contributed by atoms with Crippen molar-refractivity contribution >= 4 is 5.78 Å². The van der Waals surface area contributed by atoms with Gasteiger partial charge in [0.2, 0.25) is 0 Å². The molecule has 0 aliphatic carbocycles. The molecule has 2 aromatic carbocycles. The van der Waals surface area contributed by atoms with Crippen LogP contribution in [-0.2, 0) is 30.6 Å². The van der Waals surface area contributed by atoms with Gasteiger partial charge in [-0.05, 0) is 60.4 Å². The molecule has 0 N–H and O–H groups in total. The van der Waals surface area contributed by atoms with Gasteiger partial charge in [0.1, 0.15) is 6.61 Å². The summed E-state index contributed by atoms with van der Waals surface area (Å²) in [7, 11) is 0. The second-order valence-electron chi connectivity index (χ2n) is 6.28. The number of hydrogen-bond donors (Lipinski definition) is 0. The molecule has 2 nitrogen and oxygen atoms in total. The minimum Gasteiger partial charge on any atom is -0.369 e. The van der Waals surface area contributed by atoms with Crippen molar-refractivity contribution in [3.8, 4) is 0 Å². The zero-order chi connectivity index (χ0) is 16.1. The number of fused-ring (bicyclic) bond motifs is 1. The van der Waals surface area contributed by atoms with Crippen molar-refractivity contribution in [2.45, 2.75) is 45.6 Å². The number of carbonyl (C=O) groups excluding carboxylic acids is 1. The summed E-state index contributed by atoms with van der Waals surface area (Å²) in [6.45, 7) is 2.98. The molecule has 2 heteroatoms. The van der Waals surface area contributed by atoms with E-state index in [4.69, 9.17) is 4.74 Å². The molecular formula is C21H24O2. The van der Waals surface area contributed by atoms with Crippen molar-refractivity contribution in [1.82, 2.24) is 0 Å². The Morgan fingerprint density at radius 3 is 2.26 bits per heavy atom. The quantitative estimate of drug-likeness (QED) is 0.733. The average Bonchev–Trinajstić information content (AvgIpc) is 2.60. The van der Waals surface area contributed by atoms with Gasteiger partial charge in [-0.1, -0.05) is 43.3 Å². The maximum absolute atomic E-state index is 11.9. The van der Waals surface area contributed by atoms with Crippen molar-refractivity contribution in [3.63, 3.8) is 0 Å². The average molecular weight is 308 g/mol. The molecule has 0 fully saturated rings. The van der Waals surface area contributed by atoms with Crippen LogP contribution in [0.1, 0.15) is 52.4 Å². The first-order valence-corrected chi connectivity index (χ1v) is 8.57. The van der Waals surface area contributed by atoms with Crippen LogP contribution < -0.4 is 0 Å². The van der Waals surface area contributed by atoms with Crippen LogP contribution in [0.25, 0.3) is 0 Å². The predicted molar refractivity (Wildman–Crippen MR) is 92.9 cm³/mol. The number of unbranched alkanes of at least 4 members (excludes halogenated alkanes) is 1. The Morgan fingerprint density at radius 2 is 1.52 bits per heavy atom. The minimum atomic E-state index is 0.115. The van der Waals surface area contributed by atoms with Crippen LogP contribution in [0, 0.1) is 0 Å². The van der Waals surface area contributed by atoms with Crippen molar-refractivity contribution in [2.24, 2.45) is 0 Å². The largest absolute Gasteiger partial charge is 0.369 e. The molecule has 0 saturated carbocycles. The Hall–Kier alpha value is -1.93. The Labute approximate surface area is 138 Å². The van der Waals surface area contributed by atoms with Crippen molar-refractivity contribution in [2.75, 3.05) is 6.61 Å². The third kappa shape index (κ3) is 4.08. The number of ketones is 1. The molecule has 0 amide bonds. The second-order valence-corrected chi connectivity index (χ2v) is 6.28. The third-order valence-corrected chi connectivity index (χ3v) is 4.58. The van der Waals surface area contributed by atoms with Crippen LogP contribution >= 0.6 is 0 Å². The Bertz CT molecular complexity index is 671. The first kappa shape index (κ1) is 15.9. The molecule has 1 aliphatic heterocycles. The summed E-state index contributed by atoms with van der Waals surface area (Å²) >= 11 is 0. The van der Waals surface area contributed by atoms with Crippen LogP contribution in [0.4, 0.5) is 0 Å². The maximum Gasteiger partial charge on any atom is 0.188 e. The molecule has 3 rings (SSSR count). The van der Waals surface area contributed by atoms with Gasteiger partial charge < -0.3 is 4.74 Å². The fraction of sp³-hybridized carbons (Fsp3) is 0.381. The standard InChI is InChI=1S/C21H24O2/c1-2-16-7-9-17(10-8-16)5-3-4-6-18-11-12-19-14-23-15-21(22)20(19)13-18/h7-13H,2-6,14-15H2,1H3. The molecule has 0 unspecified atom stereocenters. The first-order chi connectivity index (χ1) is 11.3. The van der Waals surface area contributed by atoms with Gasteiger partial charge in [-0.2, -0.15) is 0 Å². The lowest BCUT2D eigenvalue weighted by Gasteiger charge is -2.16. The van der Waals surface area contributed by atoms with E-state index in [9.17, 15) is 4.79 Å². The van der Waals surface area contributed by atoms with E-state index < -0.39 is 0 Å². The monoisotopic (exact) mass is 308 g/mol. The topological polar surface area (TPSA) is 26.3 Å². The highest BCUT2D eigenvalue weighted by atomic mass is 16.5. The maximum atomic E-state index is 11.9. The molecule has 1 aliphatic rings. The first-order valence-electron chi connectivity index (χ1n) is 8.57. The highest BCUT2D eigenvalue weighted by Crippen LogP contribution is 2.20. The number of hydrogen-bond acceptors (Lipinski definition) is 2. The SMILES string of the molecule is CCc1ccc(CCCCc2ccc3c(c2)C(=O)COC3)cc1. The van der Waals surface area contributed by atoms with Crippen LogP contribution in [0.2, 0.25) is 0 Å². The summed E-state index contributed by atoms with van der Waals surface area (Å²) in [6.07, 6.45) is 5.59. The van der Waals surface area contributed by atoms with Gasteiger partial charge in [0.15, 0.2) is 5.78 Å². The molecule has 0 atom stereocenters. The highest BCUT2D eigenvalue weighted by molar-refractivity contribution is 5.99. The van der Waals surface area contributed by atoms with Gasteiger partial charge in [-0.15, -0.1) is 0 Å². The number of aryl methyl sites for hydroxylation is 3. The Kier molecular flexibility index (Phi) is 5.24.